The highest BCUT2D eigenvalue weighted by Gasteiger charge is 2.20. The molecule has 0 saturated carbocycles. The number of benzene rings is 1. The van der Waals surface area contributed by atoms with Crippen molar-refractivity contribution in [3.05, 3.63) is 32.7 Å². The lowest BCUT2D eigenvalue weighted by molar-refractivity contribution is 0.0979. The Hall–Kier alpha value is 0.390. The Labute approximate surface area is 119 Å². The first-order valence-corrected chi connectivity index (χ1v) is 6.40. The maximum atomic E-state index is 9.86. The molecule has 1 aromatic carbocycles. The van der Waals surface area contributed by atoms with E-state index in [4.69, 9.17) is 5.73 Å². The Morgan fingerprint density at radius 3 is 2.19 bits per heavy atom. The number of aliphatic hydroxyl groups is 1. The van der Waals surface area contributed by atoms with E-state index in [0.717, 1.165) is 14.5 Å². The highest BCUT2D eigenvalue weighted by molar-refractivity contribution is 9.13. The van der Waals surface area contributed by atoms with Crippen LogP contribution in [0.4, 0.5) is 0 Å². The van der Waals surface area contributed by atoms with E-state index in [1.165, 1.54) is 0 Å². The minimum atomic E-state index is -0.516. The molecule has 0 aliphatic heterocycles. The molecule has 0 fully saturated rings. The average molecular weight is 374 g/mol. The fraction of sp³-hybridized carbons (Fsp3) is 0.455. The number of halogens is 3. The normalized spacial score (nSPS) is 14.4. The van der Waals surface area contributed by atoms with Gasteiger partial charge in [0.1, 0.15) is 0 Å². The van der Waals surface area contributed by atoms with Crippen LogP contribution >= 0.6 is 44.3 Å². The van der Waals surface area contributed by atoms with Gasteiger partial charge >= 0.3 is 0 Å². The van der Waals surface area contributed by atoms with E-state index in [9.17, 15) is 5.11 Å². The van der Waals surface area contributed by atoms with Crippen molar-refractivity contribution in [1.82, 2.24) is 0 Å². The molecule has 0 bridgehead atoms. The quantitative estimate of drug-likeness (QED) is 0.850. The first-order valence-electron chi connectivity index (χ1n) is 4.82. The van der Waals surface area contributed by atoms with Gasteiger partial charge in [-0.05, 0) is 55.5 Å². The molecular formula is C11H16Br2ClNO. The van der Waals surface area contributed by atoms with Gasteiger partial charge in [-0.1, -0.05) is 19.9 Å². The predicted octanol–water partition coefficient (Wildman–Crippen LogP) is 3.65. The van der Waals surface area contributed by atoms with Crippen LogP contribution in [0.2, 0.25) is 0 Å². The Kier molecular flexibility index (Phi) is 7.14. The van der Waals surface area contributed by atoms with Gasteiger partial charge in [0.25, 0.3) is 0 Å². The van der Waals surface area contributed by atoms with E-state index < -0.39 is 6.10 Å². The van der Waals surface area contributed by atoms with Gasteiger partial charge < -0.3 is 10.8 Å². The maximum absolute atomic E-state index is 9.86. The fourth-order valence-corrected chi connectivity index (χ4v) is 1.97. The maximum Gasteiger partial charge on any atom is 0.0755 e. The summed E-state index contributed by atoms with van der Waals surface area (Å²) < 4.78 is 1.93. The van der Waals surface area contributed by atoms with Gasteiger partial charge in [-0.3, -0.25) is 0 Å². The molecule has 1 aromatic rings. The molecule has 92 valence electrons. The minimum absolute atomic E-state index is 0. The van der Waals surface area contributed by atoms with Crippen LogP contribution in [0.25, 0.3) is 0 Å². The first-order chi connectivity index (χ1) is 6.93. The SMILES string of the molecule is CC(C)[C@@H](O)[C@@H](N)c1ccc(Br)c(Br)c1.Cl. The van der Waals surface area contributed by atoms with Crippen molar-refractivity contribution < 1.29 is 5.11 Å². The largest absolute Gasteiger partial charge is 0.391 e. The molecule has 3 N–H and O–H groups in total. The minimum Gasteiger partial charge on any atom is -0.391 e. The third-order valence-electron chi connectivity index (χ3n) is 2.38. The summed E-state index contributed by atoms with van der Waals surface area (Å²) in [4.78, 5) is 0. The monoisotopic (exact) mass is 371 g/mol. The van der Waals surface area contributed by atoms with Crippen LogP contribution in [0.5, 0.6) is 0 Å². The van der Waals surface area contributed by atoms with Crippen LogP contribution in [-0.2, 0) is 0 Å². The molecule has 0 saturated heterocycles. The first kappa shape index (κ1) is 16.4. The zero-order valence-corrected chi connectivity index (χ0v) is 13.1. The summed E-state index contributed by atoms with van der Waals surface area (Å²) >= 11 is 6.81. The second-order valence-corrected chi connectivity index (χ2v) is 5.64. The molecule has 0 radical (unpaired) electrons. The number of aliphatic hydroxyl groups excluding tert-OH is 1. The third kappa shape index (κ3) is 4.00. The second-order valence-electron chi connectivity index (χ2n) is 3.93. The molecule has 0 unspecified atom stereocenters. The van der Waals surface area contributed by atoms with Crippen molar-refractivity contribution in [2.24, 2.45) is 11.7 Å². The lowest BCUT2D eigenvalue weighted by atomic mass is 9.95. The van der Waals surface area contributed by atoms with Crippen molar-refractivity contribution in [3.8, 4) is 0 Å². The molecule has 2 nitrogen and oxygen atoms in total. The molecule has 0 aliphatic carbocycles. The molecule has 16 heavy (non-hydrogen) atoms. The number of rotatable bonds is 3. The summed E-state index contributed by atoms with van der Waals surface area (Å²) in [6.45, 7) is 3.91. The molecule has 0 aromatic heterocycles. The van der Waals surface area contributed by atoms with Gasteiger partial charge in [0.05, 0.1) is 12.1 Å². The highest BCUT2D eigenvalue weighted by Crippen LogP contribution is 2.28. The highest BCUT2D eigenvalue weighted by atomic mass is 79.9. The summed E-state index contributed by atoms with van der Waals surface area (Å²) in [6.07, 6.45) is -0.516. The molecule has 2 atom stereocenters. The Bertz CT molecular complexity index is 347. The summed E-state index contributed by atoms with van der Waals surface area (Å²) in [5, 5.41) is 9.86. The standard InChI is InChI=1S/C11H15Br2NO.ClH/c1-6(2)11(15)10(14)7-3-4-8(12)9(13)5-7;/h3-6,10-11,15H,14H2,1-2H3;1H/t10-,11+;/m0./s1. The van der Waals surface area contributed by atoms with Gasteiger partial charge in [-0.25, -0.2) is 0 Å². The zero-order chi connectivity index (χ0) is 11.6. The van der Waals surface area contributed by atoms with Crippen LogP contribution in [-0.4, -0.2) is 11.2 Å². The molecular weight excluding hydrogens is 357 g/mol. The molecule has 0 spiro atoms. The molecule has 0 aliphatic rings. The summed E-state index contributed by atoms with van der Waals surface area (Å²) in [7, 11) is 0. The van der Waals surface area contributed by atoms with E-state index >= 15 is 0 Å². The van der Waals surface area contributed by atoms with Crippen LogP contribution in [0.1, 0.15) is 25.5 Å². The zero-order valence-electron chi connectivity index (χ0n) is 9.15. The van der Waals surface area contributed by atoms with Crippen molar-refractivity contribution in [3.63, 3.8) is 0 Å². The van der Waals surface area contributed by atoms with Crippen LogP contribution in [0, 0.1) is 5.92 Å². The van der Waals surface area contributed by atoms with E-state index in [2.05, 4.69) is 31.9 Å². The smallest absolute Gasteiger partial charge is 0.0755 e. The van der Waals surface area contributed by atoms with Gasteiger partial charge in [0.15, 0.2) is 0 Å². The van der Waals surface area contributed by atoms with Crippen molar-refractivity contribution in [2.75, 3.05) is 0 Å². The van der Waals surface area contributed by atoms with Crippen LogP contribution in [0.3, 0.4) is 0 Å². The van der Waals surface area contributed by atoms with Crippen molar-refractivity contribution >= 4 is 44.3 Å². The van der Waals surface area contributed by atoms with Gasteiger partial charge in [-0.15, -0.1) is 12.4 Å². The Morgan fingerprint density at radius 2 is 1.75 bits per heavy atom. The predicted molar refractivity (Wildman–Crippen MR) is 76.9 cm³/mol. The Balaban J connectivity index is 0.00000225. The number of hydrogen-bond acceptors (Lipinski definition) is 2. The van der Waals surface area contributed by atoms with Gasteiger partial charge in [0.2, 0.25) is 0 Å². The van der Waals surface area contributed by atoms with E-state index in [0.29, 0.717) is 0 Å². The van der Waals surface area contributed by atoms with E-state index in [1.54, 1.807) is 0 Å². The molecule has 0 heterocycles. The van der Waals surface area contributed by atoms with Crippen LogP contribution < -0.4 is 5.73 Å². The lowest BCUT2D eigenvalue weighted by Crippen LogP contribution is -2.30. The lowest BCUT2D eigenvalue weighted by Gasteiger charge is -2.22. The average Bonchev–Trinajstić information content (AvgIpc) is 2.19. The molecule has 1 rings (SSSR count). The van der Waals surface area contributed by atoms with E-state index in [1.807, 2.05) is 32.0 Å². The van der Waals surface area contributed by atoms with Crippen molar-refractivity contribution in [1.29, 1.82) is 0 Å². The molecule has 5 heteroatoms. The number of nitrogens with two attached hydrogens (primary N) is 1. The summed E-state index contributed by atoms with van der Waals surface area (Å²) in [5.41, 5.74) is 6.91. The molecule has 0 amide bonds. The second kappa shape index (κ2) is 6.97. The van der Waals surface area contributed by atoms with E-state index in [-0.39, 0.29) is 24.4 Å². The van der Waals surface area contributed by atoms with Crippen LogP contribution in [0.15, 0.2) is 27.1 Å². The van der Waals surface area contributed by atoms with Crippen molar-refractivity contribution in [2.45, 2.75) is 26.0 Å². The third-order valence-corrected chi connectivity index (χ3v) is 4.26. The number of hydrogen-bond donors (Lipinski definition) is 2. The fourth-order valence-electron chi connectivity index (χ4n) is 1.33. The summed E-state index contributed by atoms with van der Waals surface area (Å²) in [6, 6.07) is 5.44. The Morgan fingerprint density at radius 1 is 1.19 bits per heavy atom. The van der Waals surface area contributed by atoms with Gasteiger partial charge in [0, 0.05) is 8.95 Å². The van der Waals surface area contributed by atoms with Gasteiger partial charge in [-0.2, -0.15) is 0 Å². The topological polar surface area (TPSA) is 46.2 Å². The summed E-state index contributed by atoms with van der Waals surface area (Å²) in [5.74, 6) is 0.155.